The SMILES string of the molecule is CC1NCCC1C(=O)CC1CC=CCC1. The fourth-order valence-electron chi connectivity index (χ4n) is 2.78. The average molecular weight is 207 g/mol. The minimum Gasteiger partial charge on any atom is -0.314 e. The van der Waals surface area contributed by atoms with Crippen molar-refractivity contribution in [1.82, 2.24) is 5.32 Å². The van der Waals surface area contributed by atoms with Crippen molar-refractivity contribution in [1.29, 1.82) is 0 Å². The molecule has 1 saturated heterocycles. The number of nitrogens with one attached hydrogen (secondary N) is 1. The number of hydrogen-bond donors (Lipinski definition) is 1. The van der Waals surface area contributed by atoms with Crippen LogP contribution in [-0.4, -0.2) is 18.4 Å². The summed E-state index contributed by atoms with van der Waals surface area (Å²) in [5, 5.41) is 3.35. The second kappa shape index (κ2) is 4.93. The van der Waals surface area contributed by atoms with Gasteiger partial charge in [-0.1, -0.05) is 12.2 Å². The summed E-state index contributed by atoms with van der Waals surface area (Å²) in [4.78, 5) is 12.1. The third-order valence-electron chi connectivity index (χ3n) is 3.81. The van der Waals surface area contributed by atoms with Crippen LogP contribution in [-0.2, 0) is 4.79 Å². The lowest BCUT2D eigenvalue weighted by Crippen LogP contribution is -2.29. The fourth-order valence-corrected chi connectivity index (χ4v) is 2.78. The highest BCUT2D eigenvalue weighted by atomic mass is 16.1. The molecule has 0 spiro atoms. The lowest BCUT2D eigenvalue weighted by molar-refractivity contribution is -0.124. The summed E-state index contributed by atoms with van der Waals surface area (Å²) in [5.74, 6) is 1.40. The van der Waals surface area contributed by atoms with E-state index in [1.165, 1.54) is 6.42 Å². The van der Waals surface area contributed by atoms with Gasteiger partial charge < -0.3 is 5.32 Å². The summed E-state index contributed by atoms with van der Waals surface area (Å²) >= 11 is 0. The van der Waals surface area contributed by atoms with Gasteiger partial charge in [0, 0.05) is 18.4 Å². The van der Waals surface area contributed by atoms with Crippen molar-refractivity contribution in [2.24, 2.45) is 11.8 Å². The summed E-state index contributed by atoms with van der Waals surface area (Å²) in [6, 6.07) is 0.400. The van der Waals surface area contributed by atoms with E-state index in [0.29, 0.717) is 17.7 Å². The molecule has 1 aliphatic heterocycles. The van der Waals surface area contributed by atoms with Crippen LogP contribution in [0.25, 0.3) is 0 Å². The number of Topliss-reactive ketones (excluding diaryl/α,β-unsaturated/α-hetero) is 1. The van der Waals surface area contributed by atoms with E-state index in [2.05, 4.69) is 24.4 Å². The highest BCUT2D eigenvalue weighted by Crippen LogP contribution is 2.26. The quantitative estimate of drug-likeness (QED) is 0.719. The van der Waals surface area contributed by atoms with Crippen LogP contribution >= 0.6 is 0 Å². The topological polar surface area (TPSA) is 29.1 Å². The van der Waals surface area contributed by atoms with Crippen molar-refractivity contribution < 1.29 is 4.79 Å². The van der Waals surface area contributed by atoms with Gasteiger partial charge in [0.2, 0.25) is 0 Å². The summed E-state index contributed by atoms with van der Waals surface area (Å²) in [6.07, 6.45) is 9.80. The predicted octanol–water partition coefficient (Wildman–Crippen LogP) is 2.30. The van der Waals surface area contributed by atoms with E-state index in [4.69, 9.17) is 0 Å². The zero-order valence-electron chi connectivity index (χ0n) is 9.54. The summed E-state index contributed by atoms with van der Waals surface area (Å²) in [6.45, 7) is 3.15. The van der Waals surface area contributed by atoms with Crippen molar-refractivity contribution >= 4 is 5.78 Å². The number of allylic oxidation sites excluding steroid dienone is 2. The Morgan fingerprint density at radius 3 is 2.87 bits per heavy atom. The molecule has 2 nitrogen and oxygen atoms in total. The van der Waals surface area contributed by atoms with Crippen molar-refractivity contribution in [2.75, 3.05) is 6.54 Å². The maximum Gasteiger partial charge on any atom is 0.137 e. The van der Waals surface area contributed by atoms with Crippen LogP contribution in [0.2, 0.25) is 0 Å². The Balaban J connectivity index is 1.83. The molecule has 0 aromatic rings. The van der Waals surface area contributed by atoms with Gasteiger partial charge in [0.25, 0.3) is 0 Å². The predicted molar refractivity (Wildman–Crippen MR) is 61.7 cm³/mol. The van der Waals surface area contributed by atoms with Gasteiger partial charge in [-0.2, -0.15) is 0 Å². The molecule has 0 radical (unpaired) electrons. The molecule has 2 heteroatoms. The lowest BCUT2D eigenvalue weighted by Gasteiger charge is -2.20. The first-order valence-electron chi connectivity index (χ1n) is 6.18. The monoisotopic (exact) mass is 207 g/mol. The fraction of sp³-hybridized carbons (Fsp3) is 0.769. The Morgan fingerprint density at radius 1 is 1.40 bits per heavy atom. The largest absolute Gasteiger partial charge is 0.314 e. The Labute approximate surface area is 92.1 Å². The zero-order valence-corrected chi connectivity index (χ0v) is 9.54. The van der Waals surface area contributed by atoms with Crippen LogP contribution in [0.5, 0.6) is 0 Å². The van der Waals surface area contributed by atoms with Crippen LogP contribution in [0.1, 0.15) is 39.0 Å². The molecule has 0 aromatic carbocycles. The molecule has 0 aromatic heterocycles. The smallest absolute Gasteiger partial charge is 0.137 e. The van der Waals surface area contributed by atoms with E-state index in [1.807, 2.05) is 0 Å². The minimum absolute atomic E-state index is 0.288. The molecule has 0 saturated carbocycles. The molecule has 0 amide bonds. The number of ketones is 1. The Bertz CT molecular complexity index is 259. The molecule has 1 aliphatic carbocycles. The highest BCUT2D eigenvalue weighted by molar-refractivity contribution is 5.82. The first-order valence-corrected chi connectivity index (χ1v) is 6.18. The molecule has 2 aliphatic rings. The van der Waals surface area contributed by atoms with Gasteiger partial charge in [-0.3, -0.25) is 4.79 Å². The summed E-state index contributed by atoms with van der Waals surface area (Å²) < 4.78 is 0. The summed E-state index contributed by atoms with van der Waals surface area (Å²) in [5.41, 5.74) is 0. The van der Waals surface area contributed by atoms with Crippen molar-refractivity contribution in [3.8, 4) is 0 Å². The molecule has 84 valence electrons. The Kier molecular flexibility index (Phi) is 3.57. The third kappa shape index (κ3) is 2.69. The van der Waals surface area contributed by atoms with E-state index in [-0.39, 0.29) is 5.92 Å². The third-order valence-corrected chi connectivity index (χ3v) is 3.81. The maximum atomic E-state index is 12.1. The molecular formula is C13H21NO. The molecular weight excluding hydrogens is 186 g/mol. The molecule has 1 N–H and O–H groups in total. The highest BCUT2D eigenvalue weighted by Gasteiger charge is 2.30. The normalized spacial score (nSPS) is 35.7. The zero-order chi connectivity index (χ0) is 10.7. The number of carbonyl (C=O) groups is 1. The maximum absolute atomic E-state index is 12.1. The van der Waals surface area contributed by atoms with Crippen LogP contribution < -0.4 is 5.32 Å². The van der Waals surface area contributed by atoms with Gasteiger partial charge >= 0.3 is 0 Å². The van der Waals surface area contributed by atoms with Gasteiger partial charge in [0.1, 0.15) is 5.78 Å². The minimum atomic E-state index is 0.288. The molecule has 3 atom stereocenters. The number of carbonyl (C=O) groups excluding carboxylic acids is 1. The van der Waals surface area contributed by atoms with Gasteiger partial charge in [-0.25, -0.2) is 0 Å². The molecule has 3 unspecified atom stereocenters. The van der Waals surface area contributed by atoms with Crippen LogP contribution in [0.15, 0.2) is 12.2 Å². The summed E-state index contributed by atoms with van der Waals surface area (Å²) in [7, 11) is 0. The van der Waals surface area contributed by atoms with Gasteiger partial charge in [-0.05, 0) is 45.1 Å². The van der Waals surface area contributed by atoms with Gasteiger partial charge in [0.05, 0.1) is 0 Å². The molecule has 1 heterocycles. The first kappa shape index (κ1) is 10.9. The standard InChI is InChI=1S/C13H21NO/c1-10-12(7-8-14-10)13(15)9-11-5-3-2-4-6-11/h2-3,10-12,14H,4-9H2,1H3. The van der Waals surface area contributed by atoms with E-state index >= 15 is 0 Å². The Hall–Kier alpha value is -0.630. The Morgan fingerprint density at radius 2 is 2.27 bits per heavy atom. The van der Waals surface area contributed by atoms with Crippen LogP contribution in [0.4, 0.5) is 0 Å². The molecule has 1 fully saturated rings. The second-order valence-corrected chi connectivity index (χ2v) is 4.96. The lowest BCUT2D eigenvalue weighted by atomic mass is 9.85. The van der Waals surface area contributed by atoms with Crippen LogP contribution in [0.3, 0.4) is 0 Å². The molecule has 0 bridgehead atoms. The van der Waals surface area contributed by atoms with E-state index in [0.717, 1.165) is 32.2 Å². The van der Waals surface area contributed by atoms with E-state index < -0.39 is 0 Å². The van der Waals surface area contributed by atoms with Gasteiger partial charge in [0.15, 0.2) is 0 Å². The van der Waals surface area contributed by atoms with E-state index in [1.54, 1.807) is 0 Å². The van der Waals surface area contributed by atoms with Gasteiger partial charge in [-0.15, -0.1) is 0 Å². The average Bonchev–Trinajstić information content (AvgIpc) is 2.66. The van der Waals surface area contributed by atoms with Crippen LogP contribution in [0, 0.1) is 11.8 Å². The second-order valence-electron chi connectivity index (χ2n) is 4.96. The number of rotatable bonds is 3. The van der Waals surface area contributed by atoms with Crippen molar-refractivity contribution in [2.45, 2.75) is 45.1 Å². The van der Waals surface area contributed by atoms with E-state index in [9.17, 15) is 4.79 Å². The van der Waals surface area contributed by atoms with Crippen molar-refractivity contribution in [3.05, 3.63) is 12.2 Å². The molecule has 2 rings (SSSR count). The number of hydrogen-bond acceptors (Lipinski definition) is 2. The molecule has 15 heavy (non-hydrogen) atoms. The van der Waals surface area contributed by atoms with Crippen molar-refractivity contribution in [3.63, 3.8) is 0 Å². The first-order chi connectivity index (χ1) is 7.27.